The lowest BCUT2D eigenvalue weighted by Crippen LogP contribution is -1.93. The number of ketones is 1. The second kappa shape index (κ2) is 7.03. The number of fused-ring (bicyclic) bond motifs is 1. The van der Waals surface area contributed by atoms with Crippen molar-refractivity contribution in [2.24, 2.45) is 0 Å². The third-order valence-corrected chi connectivity index (χ3v) is 4.21. The first-order valence-electron chi connectivity index (χ1n) is 7.66. The van der Waals surface area contributed by atoms with E-state index in [4.69, 9.17) is 25.5 Å². The summed E-state index contributed by atoms with van der Waals surface area (Å²) in [5.41, 5.74) is 2.16. The normalized spacial score (nSPS) is 11.2. The van der Waals surface area contributed by atoms with Crippen LogP contribution in [0.4, 0.5) is 0 Å². The molecular formula is C20H17ClO4. The first-order valence-corrected chi connectivity index (χ1v) is 8.04. The van der Waals surface area contributed by atoms with Crippen LogP contribution in [0.25, 0.3) is 17.0 Å². The molecule has 5 heteroatoms. The Kier molecular flexibility index (Phi) is 4.81. The zero-order valence-corrected chi connectivity index (χ0v) is 14.9. The number of methoxy groups -OCH3 is 2. The lowest BCUT2D eigenvalue weighted by atomic mass is 10.1. The number of furan rings is 1. The fraction of sp³-hybridized carbons (Fsp3) is 0.150. The van der Waals surface area contributed by atoms with Crippen LogP contribution in [0.2, 0.25) is 5.02 Å². The van der Waals surface area contributed by atoms with E-state index in [1.54, 1.807) is 38.5 Å². The van der Waals surface area contributed by atoms with Crippen LogP contribution in [0, 0.1) is 6.92 Å². The largest absolute Gasteiger partial charge is 0.497 e. The number of hydrogen-bond acceptors (Lipinski definition) is 4. The summed E-state index contributed by atoms with van der Waals surface area (Å²) in [4.78, 5) is 12.6. The van der Waals surface area contributed by atoms with E-state index in [0.29, 0.717) is 22.1 Å². The van der Waals surface area contributed by atoms with E-state index in [-0.39, 0.29) is 11.5 Å². The van der Waals surface area contributed by atoms with Crippen LogP contribution < -0.4 is 9.47 Å². The van der Waals surface area contributed by atoms with E-state index in [1.807, 2.05) is 25.1 Å². The summed E-state index contributed by atoms with van der Waals surface area (Å²) in [5, 5.41) is 1.44. The monoisotopic (exact) mass is 356 g/mol. The number of allylic oxidation sites excluding steroid dienone is 1. The Morgan fingerprint density at radius 1 is 1.12 bits per heavy atom. The highest BCUT2D eigenvalue weighted by atomic mass is 35.5. The second-order valence-corrected chi connectivity index (χ2v) is 5.95. The van der Waals surface area contributed by atoms with Gasteiger partial charge in [-0.2, -0.15) is 0 Å². The Hall–Kier alpha value is -2.72. The highest BCUT2D eigenvalue weighted by molar-refractivity contribution is 6.30. The summed E-state index contributed by atoms with van der Waals surface area (Å²) in [5.74, 6) is 1.23. The molecule has 0 aliphatic rings. The first-order chi connectivity index (χ1) is 12.0. The number of halogens is 1. The van der Waals surface area contributed by atoms with Crippen molar-refractivity contribution in [2.75, 3.05) is 14.2 Å². The van der Waals surface area contributed by atoms with E-state index in [9.17, 15) is 4.79 Å². The van der Waals surface area contributed by atoms with E-state index in [0.717, 1.165) is 16.5 Å². The van der Waals surface area contributed by atoms with Crippen molar-refractivity contribution in [3.8, 4) is 11.5 Å². The molecule has 3 rings (SSSR count). The van der Waals surface area contributed by atoms with Crippen molar-refractivity contribution < 1.29 is 18.7 Å². The Balaban J connectivity index is 1.99. The Morgan fingerprint density at radius 2 is 1.84 bits per heavy atom. The van der Waals surface area contributed by atoms with Crippen LogP contribution in [0.15, 0.2) is 46.9 Å². The molecule has 0 fully saturated rings. The Bertz CT molecular complexity index is 952. The molecule has 2 aromatic carbocycles. The summed E-state index contributed by atoms with van der Waals surface area (Å²) < 4.78 is 16.4. The van der Waals surface area contributed by atoms with Crippen molar-refractivity contribution in [1.82, 2.24) is 0 Å². The van der Waals surface area contributed by atoms with Crippen LogP contribution >= 0.6 is 11.6 Å². The molecular weight excluding hydrogens is 340 g/mol. The van der Waals surface area contributed by atoms with E-state index in [2.05, 4.69) is 0 Å². The van der Waals surface area contributed by atoms with Gasteiger partial charge in [-0.3, -0.25) is 4.79 Å². The smallest absolute Gasteiger partial charge is 0.221 e. The van der Waals surface area contributed by atoms with Gasteiger partial charge in [0, 0.05) is 22.0 Å². The van der Waals surface area contributed by atoms with Gasteiger partial charge in [-0.25, -0.2) is 0 Å². The number of rotatable bonds is 5. The minimum absolute atomic E-state index is 0.218. The summed E-state index contributed by atoms with van der Waals surface area (Å²) in [7, 11) is 3.13. The van der Waals surface area contributed by atoms with Crippen molar-refractivity contribution in [3.05, 3.63) is 64.4 Å². The molecule has 0 bridgehead atoms. The van der Waals surface area contributed by atoms with Crippen molar-refractivity contribution in [2.45, 2.75) is 6.92 Å². The minimum atomic E-state index is -0.218. The average Bonchev–Trinajstić information content (AvgIpc) is 2.97. The molecule has 0 aliphatic carbocycles. The maximum Gasteiger partial charge on any atom is 0.221 e. The number of benzene rings is 2. The number of carbonyl (C=O) groups excluding carboxylic acids is 1. The zero-order valence-electron chi connectivity index (χ0n) is 14.1. The maximum atomic E-state index is 12.6. The maximum absolute atomic E-state index is 12.6. The molecule has 4 nitrogen and oxygen atoms in total. The van der Waals surface area contributed by atoms with Gasteiger partial charge in [0.15, 0.2) is 17.1 Å². The first kappa shape index (κ1) is 17.1. The van der Waals surface area contributed by atoms with Gasteiger partial charge >= 0.3 is 0 Å². The molecule has 0 atom stereocenters. The molecule has 128 valence electrons. The van der Waals surface area contributed by atoms with E-state index in [1.165, 1.54) is 6.08 Å². The van der Waals surface area contributed by atoms with Gasteiger partial charge in [-0.1, -0.05) is 29.8 Å². The Labute approximate surface area is 150 Å². The lowest BCUT2D eigenvalue weighted by molar-refractivity contribution is 0.102. The SMILES string of the molecule is COc1cc(OC)c2oc(C(=O)/C=C/c3ccc(Cl)cc3)c(C)c2c1. The molecule has 1 heterocycles. The van der Waals surface area contributed by atoms with Crippen LogP contribution in [-0.2, 0) is 0 Å². The molecule has 0 aliphatic heterocycles. The second-order valence-electron chi connectivity index (χ2n) is 5.51. The van der Waals surface area contributed by atoms with Gasteiger partial charge in [0.05, 0.1) is 14.2 Å². The van der Waals surface area contributed by atoms with E-state index < -0.39 is 0 Å². The predicted octanol–water partition coefficient (Wildman–Crippen LogP) is 5.31. The van der Waals surface area contributed by atoms with Gasteiger partial charge in [-0.15, -0.1) is 0 Å². The zero-order chi connectivity index (χ0) is 18.0. The summed E-state index contributed by atoms with van der Waals surface area (Å²) >= 11 is 5.86. The predicted molar refractivity (Wildman–Crippen MR) is 98.9 cm³/mol. The summed E-state index contributed by atoms with van der Waals surface area (Å²) in [6, 6.07) is 10.8. The summed E-state index contributed by atoms with van der Waals surface area (Å²) in [6.45, 7) is 1.84. The topological polar surface area (TPSA) is 48.7 Å². The average molecular weight is 357 g/mol. The highest BCUT2D eigenvalue weighted by Crippen LogP contribution is 2.36. The van der Waals surface area contributed by atoms with Crippen LogP contribution in [-0.4, -0.2) is 20.0 Å². The molecule has 3 aromatic rings. The van der Waals surface area contributed by atoms with Crippen molar-refractivity contribution in [3.63, 3.8) is 0 Å². The molecule has 0 amide bonds. The van der Waals surface area contributed by atoms with Gasteiger partial charge in [0.2, 0.25) is 5.78 Å². The van der Waals surface area contributed by atoms with Crippen molar-refractivity contribution >= 4 is 34.4 Å². The molecule has 0 saturated heterocycles. The fourth-order valence-electron chi connectivity index (χ4n) is 2.59. The molecule has 1 aromatic heterocycles. The molecule has 0 saturated carbocycles. The van der Waals surface area contributed by atoms with Gasteiger partial charge in [0.25, 0.3) is 0 Å². The number of carbonyl (C=O) groups is 1. The summed E-state index contributed by atoms with van der Waals surface area (Å²) in [6.07, 6.45) is 3.21. The third kappa shape index (κ3) is 3.39. The van der Waals surface area contributed by atoms with Crippen LogP contribution in [0.5, 0.6) is 11.5 Å². The molecule has 0 unspecified atom stereocenters. The highest BCUT2D eigenvalue weighted by Gasteiger charge is 2.19. The molecule has 0 spiro atoms. The van der Waals surface area contributed by atoms with Gasteiger partial charge < -0.3 is 13.9 Å². The minimum Gasteiger partial charge on any atom is -0.497 e. The number of aryl methyl sites for hydroxylation is 1. The lowest BCUT2D eigenvalue weighted by Gasteiger charge is -2.04. The van der Waals surface area contributed by atoms with Crippen molar-refractivity contribution in [1.29, 1.82) is 0 Å². The molecule has 0 radical (unpaired) electrons. The van der Waals surface area contributed by atoms with Gasteiger partial charge in [-0.05, 0) is 36.8 Å². The fourth-order valence-corrected chi connectivity index (χ4v) is 2.71. The molecule has 0 N–H and O–H groups in total. The van der Waals surface area contributed by atoms with Crippen LogP contribution in [0.3, 0.4) is 0 Å². The molecule has 25 heavy (non-hydrogen) atoms. The number of hydrogen-bond donors (Lipinski definition) is 0. The Morgan fingerprint density at radius 3 is 2.48 bits per heavy atom. The number of ether oxygens (including phenoxy) is 2. The van der Waals surface area contributed by atoms with Crippen LogP contribution in [0.1, 0.15) is 21.7 Å². The quantitative estimate of drug-likeness (QED) is 0.459. The standard InChI is InChI=1S/C20H17ClO4/c1-12-16-10-15(23-2)11-18(24-3)20(16)25-19(12)17(22)9-6-13-4-7-14(21)8-5-13/h4-11H,1-3H3/b9-6+. The van der Waals surface area contributed by atoms with E-state index >= 15 is 0 Å². The third-order valence-electron chi connectivity index (χ3n) is 3.95. The van der Waals surface area contributed by atoms with Gasteiger partial charge in [0.1, 0.15) is 5.75 Å².